The van der Waals surface area contributed by atoms with Crippen LogP contribution in [-0.2, 0) is 0 Å². The van der Waals surface area contributed by atoms with Crippen LogP contribution in [0.2, 0.25) is 0 Å². The maximum atomic E-state index is 7.07. The highest BCUT2D eigenvalue weighted by Gasteiger charge is 2.25. The smallest absolute Gasteiger partial charge is 0.238 e. The van der Waals surface area contributed by atoms with Gasteiger partial charge in [0.1, 0.15) is 11.2 Å². The summed E-state index contributed by atoms with van der Waals surface area (Å²) in [5, 5.41) is 13.8. The highest BCUT2D eigenvalue weighted by molar-refractivity contribution is 7.25. The third-order valence-electron chi connectivity index (χ3n) is 13.6. The molecule has 0 saturated carbocycles. The molecule has 0 aliphatic heterocycles. The number of nitrogens with zero attached hydrogens (tertiary/aromatic N) is 5. The first kappa shape index (κ1) is 35.8. The van der Waals surface area contributed by atoms with Gasteiger partial charge in [0, 0.05) is 58.1 Å². The third-order valence-corrected chi connectivity index (χ3v) is 14.7. The van der Waals surface area contributed by atoms with E-state index in [0.717, 1.165) is 71.4 Å². The van der Waals surface area contributed by atoms with Gasteiger partial charge < -0.3 is 8.98 Å². The number of benzene rings is 10. The molecule has 0 radical (unpaired) electrons. The summed E-state index contributed by atoms with van der Waals surface area (Å²) in [5.74, 6) is 1.67. The summed E-state index contributed by atoms with van der Waals surface area (Å²) in [7, 11) is 0. The molecule has 0 amide bonds. The molecular weight excluding hydrogens is 827 g/mol. The van der Waals surface area contributed by atoms with E-state index in [2.05, 4.69) is 203 Å². The number of hydrogen-bond acceptors (Lipinski definition) is 5. The van der Waals surface area contributed by atoms with Gasteiger partial charge in [-0.1, -0.05) is 146 Å². The molecule has 5 aromatic heterocycles. The van der Waals surface area contributed by atoms with Crippen molar-refractivity contribution in [2.75, 3.05) is 0 Å². The van der Waals surface area contributed by atoms with Crippen LogP contribution in [0.5, 0.6) is 0 Å². The summed E-state index contributed by atoms with van der Waals surface area (Å²) < 4.78 is 14.1. The molecule has 15 aromatic rings. The van der Waals surface area contributed by atoms with Crippen molar-refractivity contribution in [1.29, 1.82) is 0 Å². The van der Waals surface area contributed by atoms with Gasteiger partial charge in [-0.25, -0.2) is 4.98 Å². The van der Waals surface area contributed by atoms with Crippen molar-refractivity contribution in [3.8, 4) is 34.4 Å². The maximum Gasteiger partial charge on any atom is 0.238 e. The summed E-state index contributed by atoms with van der Waals surface area (Å²) >= 11 is 1.79. The first-order valence-electron chi connectivity index (χ1n) is 22.2. The molecule has 0 aliphatic carbocycles. The molecule has 0 unspecified atom stereocenters. The highest BCUT2D eigenvalue weighted by Crippen LogP contribution is 2.45. The molecule has 0 saturated heterocycles. The normalized spacial score (nSPS) is 12.2. The van der Waals surface area contributed by atoms with Crippen molar-refractivity contribution >= 4 is 119 Å². The second-order valence-corrected chi connectivity index (χ2v) is 18.2. The Hall–Kier alpha value is -8.65. The minimum atomic E-state index is 0.530. The van der Waals surface area contributed by atoms with Gasteiger partial charge in [0.25, 0.3) is 0 Å². The first-order valence-corrected chi connectivity index (χ1v) is 23.0. The molecule has 0 atom stereocenters. The molecule has 0 aliphatic rings. The Morgan fingerprint density at radius 2 is 1.02 bits per heavy atom. The Labute approximate surface area is 379 Å². The fourth-order valence-corrected chi connectivity index (χ4v) is 11.8. The van der Waals surface area contributed by atoms with Crippen molar-refractivity contribution in [3.63, 3.8) is 0 Å². The van der Waals surface area contributed by atoms with Gasteiger partial charge in [-0.2, -0.15) is 9.97 Å². The zero-order valence-corrected chi connectivity index (χ0v) is 35.9. The summed E-state index contributed by atoms with van der Waals surface area (Å²) in [4.78, 5) is 16.4. The van der Waals surface area contributed by atoms with Crippen LogP contribution in [0.1, 0.15) is 0 Å². The topological polar surface area (TPSA) is 61.7 Å². The number of furan rings is 1. The van der Waals surface area contributed by atoms with Crippen LogP contribution in [0.25, 0.3) is 142 Å². The predicted molar refractivity (Wildman–Crippen MR) is 275 cm³/mol. The Balaban J connectivity index is 1.07. The van der Waals surface area contributed by atoms with Crippen LogP contribution in [-0.4, -0.2) is 24.1 Å². The molecule has 10 aromatic carbocycles. The molecule has 0 fully saturated rings. The first-order chi connectivity index (χ1) is 32.7. The van der Waals surface area contributed by atoms with E-state index in [4.69, 9.17) is 19.4 Å². The predicted octanol–water partition coefficient (Wildman–Crippen LogP) is 16.0. The number of para-hydroxylation sites is 3. The molecule has 7 heteroatoms. The van der Waals surface area contributed by atoms with E-state index in [-0.39, 0.29) is 0 Å². The molecule has 0 bridgehead atoms. The van der Waals surface area contributed by atoms with E-state index in [0.29, 0.717) is 23.2 Å². The molecule has 6 nitrogen and oxygen atoms in total. The van der Waals surface area contributed by atoms with Crippen molar-refractivity contribution in [1.82, 2.24) is 24.1 Å². The van der Waals surface area contributed by atoms with E-state index >= 15 is 0 Å². The second kappa shape index (κ2) is 13.4. The van der Waals surface area contributed by atoms with E-state index in [1.54, 1.807) is 11.3 Å². The maximum absolute atomic E-state index is 7.07. The molecular formula is C59H33N5OS. The summed E-state index contributed by atoms with van der Waals surface area (Å²) in [5.41, 5.74) is 8.62. The number of aromatic nitrogens is 5. The average Bonchev–Trinajstić information content (AvgIpc) is 4.13. The van der Waals surface area contributed by atoms with Gasteiger partial charge in [-0.3, -0.25) is 4.57 Å². The fraction of sp³-hybridized carbons (Fsp3) is 0. The lowest BCUT2D eigenvalue weighted by Crippen LogP contribution is -2.07. The molecule has 0 N–H and O–H groups in total. The largest absolute Gasteiger partial charge is 0.455 e. The number of fused-ring (bicyclic) bond motifs is 15. The average molecular weight is 860 g/mol. The van der Waals surface area contributed by atoms with Gasteiger partial charge in [0.15, 0.2) is 11.6 Å². The van der Waals surface area contributed by atoms with Gasteiger partial charge in [-0.15, -0.1) is 11.3 Å². The summed E-state index contributed by atoms with van der Waals surface area (Å²) in [6, 6.07) is 71.3. The Morgan fingerprint density at radius 1 is 0.379 bits per heavy atom. The zero-order chi connectivity index (χ0) is 43.0. The quantitative estimate of drug-likeness (QED) is 0.177. The Morgan fingerprint density at radius 3 is 1.82 bits per heavy atom. The van der Waals surface area contributed by atoms with Crippen molar-refractivity contribution in [2.45, 2.75) is 0 Å². The molecule has 5 heterocycles. The van der Waals surface area contributed by atoms with Gasteiger partial charge >= 0.3 is 0 Å². The van der Waals surface area contributed by atoms with Gasteiger partial charge in [-0.05, 0) is 70.8 Å². The van der Waals surface area contributed by atoms with Crippen LogP contribution in [0.15, 0.2) is 205 Å². The van der Waals surface area contributed by atoms with Crippen molar-refractivity contribution in [3.05, 3.63) is 200 Å². The van der Waals surface area contributed by atoms with Crippen LogP contribution in [0, 0.1) is 0 Å². The van der Waals surface area contributed by atoms with Gasteiger partial charge in [0.2, 0.25) is 5.95 Å². The molecule has 15 rings (SSSR count). The number of rotatable bonds is 4. The summed E-state index contributed by atoms with van der Waals surface area (Å²) in [6.45, 7) is 0. The molecule has 306 valence electrons. The molecule has 0 spiro atoms. The number of hydrogen-bond donors (Lipinski definition) is 0. The van der Waals surface area contributed by atoms with E-state index in [9.17, 15) is 0 Å². The standard InChI is InChI=1S/C59H33N5OS/c1-2-16-36-33-49-45(32-35(36)15-1)40-29-28-34-14-3-4-17-37(34)55(40)63(49)48-31-30-44(56-54(48)41-20-7-11-25-50(41)65-56)58-60-57(43-22-13-27-52-53(43)42-21-8-12-26-51(42)66-52)61-59(62-58)64-46-23-9-5-18-38(46)39-19-6-10-24-47(39)64/h1-33H. The highest BCUT2D eigenvalue weighted by atomic mass is 32.1. The zero-order valence-electron chi connectivity index (χ0n) is 35.1. The van der Waals surface area contributed by atoms with E-state index in [1.807, 2.05) is 6.07 Å². The van der Waals surface area contributed by atoms with Crippen molar-refractivity contribution in [2.24, 2.45) is 0 Å². The third kappa shape index (κ3) is 4.97. The SMILES string of the molecule is c1ccc2cc3c(cc2c1)c1ccc2ccccc2c1n3-c1ccc(-c2nc(-c3cccc4sc5ccccc5c34)nc(-n3c4ccccc4c4ccccc43)n2)c2oc3ccccc3c12. The van der Waals surface area contributed by atoms with Crippen LogP contribution in [0.4, 0.5) is 0 Å². The van der Waals surface area contributed by atoms with Crippen LogP contribution < -0.4 is 0 Å². The van der Waals surface area contributed by atoms with Gasteiger partial charge in [0.05, 0.1) is 38.7 Å². The monoisotopic (exact) mass is 859 g/mol. The Kier molecular flexibility index (Phi) is 7.28. The number of thiophene rings is 1. The Bertz CT molecular complexity index is 4500. The van der Waals surface area contributed by atoms with Crippen LogP contribution in [0.3, 0.4) is 0 Å². The lowest BCUT2D eigenvalue weighted by molar-refractivity contribution is 0.669. The lowest BCUT2D eigenvalue weighted by atomic mass is 10.0. The van der Waals surface area contributed by atoms with Crippen molar-refractivity contribution < 1.29 is 4.42 Å². The molecule has 66 heavy (non-hydrogen) atoms. The summed E-state index contributed by atoms with van der Waals surface area (Å²) in [6.07, 6.45) is 0. The minimum absolute atomic E-state index is 0.530. The van der Waals surface area contributed by atoms with Crippen LogP contribution >= 0.6 is 11.3 Å². The van der Waals surface area contributed by atoms with E-state index in [1.165, 1.54) is 47.1 Å². The lowest BCUT2D eigenvalue weighted by Gasteiger charge is -2.14. The van der Waals surface area contributed by atoms with E-state index < -0.39 is 0 Å². The minimum Gasteiger partial charge on any atom is -0.455 e. The second-order valence-electron chi connectivity index (χ2n) is 17.1. The fourth-order valence-electron chi connectivity index (χ4n) is 10.7.